The number of aromatic nitrogens is 3. The number of fused-ring (bicyclic) bond motifs is 1. The van der Waals surface area contributed by atoms with Gasteiger partial charge in [-0.1, -0.05) is 6.07 Å². The zero-order chi connectivity index (χ0) is 15.0. The van der Waals surface area contributed by atoms with E-state index in [-0.39, 0.29) is 18.2 Å². The zero-order valence-corrected chi connectivity index (χ0v) is 12.1. The lowest BCUT2D eigenvalue weighted by molar-refractivity contribution is -0.390. The fourth-order valence-corrected chi connectivity index (χ4v) is 2.55. The van der Waals surface area contributed by atoms with Gasteiger partial charge < -0.3 is 10.1 Å². The van der Waals surface area contributed by atoms with Crippen LogP contribution in [0.4, 0.5) is 10.2 Å². The highest BCUT2D eigenvalue weighted by Gasteiger charge is 2.19. The molecule has 2 heterocycles. The number of hydrogen-bond acceptors (Lipinski definition) is 4. The lowest BCUT2D eigenvalue weighted by Crippen LogP contribution is -2.03. The molecule has 3 rings (SSSR count). The summed E-state index contributed by atoms with van der Waals surface area (Å²) in [7, 11) is 0. The third kappa shape index (κ3) is 2.49. The lowest BCUT2D eigenvalue weighted by Gasteiger charge is -2.04. The quantitative estimate of drug-likeness (QED) is 0.536. The highest BCUT2D eigenvalue weighted by Crippen LogP contribution is 2.24. The molecular formula is C13H8BrFN4O2. The maximum Gasteiger partial charge on any atom is 0.404 e. The minimum absolute atomic E-state index is 0.255. The van der Waals surface area contributed by atoms with Gasteiger partial charge in [0.1, 0.15) is 10.3 Å². The van der Waals surface area contributed by atoms with Gasteiger partial charge in [0.25, 0.3) is 0 Å². The molecule has 0 radical (unpaired) electrons. The normalized spacial score (nSPS) is 11.0. The third-order valence-corrected chi connectivity index (χ3v) is 3.56. The SMILES string of the molecule is O=[N+]([O-])c1nn(Cc2ccc(F)c3cccnc23)cc1Br. The minimum Gasteiger partial charge on any atom is -0.358 e. The van der Waals surface area contributed by atoms with Crippen molar-refractivity contribution in [1.82, 2.24) is 14.8 Å². The van der Waals surface area contributed by atoms with Crippen LogP contribution in [0.25, 0.3) is 10.9 Å². The van der Waals surface area contributed by atoms with E-state index in [4.69, 9.17) is 0 Å². The average Bonchev–Trinajstić information content (AvgIpc) is 2.83. The molecule has 0 bridgehead atoms. The summed E-state index contributed by atoms with van der Waals surface area (Å²) < 4.78 is 15.4. The van der Waals surface area contributed by atoms with Gasteiger partial charge in [-0.05, 0) is 39.1 Å². The van der Waals surface area contributed by atoms with Crippen molar-refractivity contribution in [3.63, 3.8) is 0 Å². The molecule has 0 aliphatic heterocycles. The van der Waals surface area contributed by atoms with E-state index in [0.717, 1.165) is 5.56 Å². The van der Waals surface area contributed by atoms with Crippen molar-refractivity contribution in [3.05, 3.63) is 62.6 Å². The molecule has 0 aliphatic carbocycles. The Hall–Kier alpha value is -2.35. The fourth-order valence-electron chi connectivity index (χ4n) is 2.09. The molecule has 21 heavy (non-hydrogen) atoms. The Balaban J connectivity index is 2.04. The summed E-state index contributed by atoms with van der Waals surface area (Å²) in [6.07, 6.45) is 3.09. The summed E-state index contributed by atoms with van der Waals surface area (Å²) in [5.74, 6) is -0.608. The number of pyridine rings is 1. The Morgan fingerprint density at radius 2 is 2.19 bits per heavy atom. The van der Waals surface area contributed by atoms with Crippen LogP contribution in [0.3, 0.4) is 0 Å². The van der Waals surface area contributed by atoms with E-state index in [0.29, 0.717) is 15.4 Å². The predicted octanol–water partition coefficient (Wildman–Crippen LogP) is 3.29. The van der Waals surface area contributed by atoms with E-state index in [1.54, 1.807) is 24.4 Å². The Labute approximate surface area is 126 Å². The molecule has 0 amide bonds. The van der Waals surface area contributed by atoms with Crippen LogP contribution in [0.15, 0.2) is 41.1 Å². The van der Waals surface area contributed by atoms with Crippen molar-refractivity contribution < 1.29 is 9.31 Å². The van der Waals surface area contributed by atoms with E-state index in [1.807, 2.05) is 0 Å². The van der Waals surface area contributed by atoms with Crippen molar-refractivity contribution in [2.45, 2.75) is 6.54 Å². The molecule has 0 fully saturated rings. The summed E-state index contributed by atoms with van der Waals surface area (Å²) >= 11 is 3.09. The standard InChI is InChI=1S/C13H8BrFN4O2/c14-10-7-18(17-13(10)19(20)21)6-8-3-4-11(15)9-2-1-5-16-12(8)9/h1-5,7H,6H2. The zero-order valence-electron chi connectivity index (χ0n) is 10.5. The second-order valence-electron chi connectivity index (χ2n) is 4.36. The number of nitrogens with zero attached hydrogens (tertiary/aromatic N) is 4. The summed E-state index contributed by atoms with van der Waals surface area (Å²) in [4.78, 5) is 14.4. The Morgan fingerprint density at radius 3 is 2.90 bits per heavy atom. The number of halogens is 2. The van der Waals surface area contributed by atoms with Crippen molar-refractivity contribution in [2.75, 3.05) is 0 Å². The molecule has 0 atom stereocenters. The van der Waals surface area contributed by atoms with Gasteiger partial charge in [-0.3, -0.25) is 4.98 Å². The van der Waals surface area contributed by atoms with Crippen molar-refractivity contribution in [1.29, 1.82) is 0 Å². The predicted molar refractivity (Wildman–Crippen MR) is 77.4 cm³/mol. The molecule has 2 aromatic heterocycles. The van der Waals surface area contributed by atoms with Gasteiger partial charge in [-0.15, -0.1) is 0 Å². The molecule has 1 aromatic carbocycles. The molecule has 0 unspecified atom stereocenters. The first-order valence-corrected chi connectivity index (χ1v) is 6.75. The molecule has 0 saturated carbocycles. The van der Waals surface area contributed by atoms with Crippen LogP contribution < -0.4 is 0 Å². The fraction of sp³-hybridized carbons (Fsp3) is 0.0769. The van der Waals surface area contributed by atoms with Crippen molar-refractivity contribution in [2.24, 2.45) is 0 Å². The van der Waals surface area contributed by atoms with Gasteiger partial charge in [0, 0.05) is 17.1 Å². The maximum atomic E-state index is 13.7. The molecular weight excluding hydrogens is 343 g/mol. The molecule has 6 nitrogen and oxygen atoms in total. The van der Waals surface area contributed by atoms with Crippen molar-refractivity contribution in [3.8, 4) is 0 Å². The van der Waals surface area contributed by atoms with Crippen LogP contribution in [-0.2, 0) is 6.54 Å². The van der Waals surface area contributed by atoms with E-state index >= 15 is 0 Å². The summed E-state index contributed by atoms with van der Waals surface area (Å²) in [6, 6.07) is 6.26. The largest absolute Gasteiger partial charge is 0.404 e. The van der Waals surface area contributed by atoms with Gasteiger partial charge in [0.2, 0.25) is 0 Å². The first kappa shape index (κ1) is 13.6. The number of benzene rings is 1. The van der Waals surface area contributed by atoms with Gasteiger partial charge in [0.15, 0.2) is 0 Å². The van der Waals surface area contributed by atoms with E-state index < -0.39 is 4.92 Å². The molecule has 0 saturated heterocycles. The Kier molecular flexibility index (Phi) is 3.38. The van der Waals surface area contributed by atoms with Crippen LogP contribution in [-0.4, -0.2) is 19.7 Å². The average molecular weight is 351 g/mol. The third-order valence-electron chi connectivity index (χ3n) is 3.00. The second kappa shape index (κ2) is 5.21. The van der Waals surface area contributed by atoms with E-state index in [1.165, 1.54) is 16.9 Å². The van der Waals surface area contributed by atoms with Gasteiger partial charge in [-0.25, -0.2) is 4.39 Å². The van der Waals surface area contributed by atoms with Crippen LogP contribution in [0.5, 0.6) is 0 Å². The van der Waals surface area contributed by atoms with Gasteiger partial charge >= 0.3 is 5.82 Å². The molecule has 0 spiro atoms. The minimum atomic E-state index is -0.568. The first-order chi connectivity index (χ1) is 10.1. The van der Waals surface area contributed by atoms with Gasteiger partial charge in [-0.2, -0.15) is 4.68 Å². The van der Waals surface area contributed by atoms with Crippen LogP contribution in [0, 0.1) is 15.9 Å². The van der Waals surface area contributed by atoms with Crippen LogP contribution in [0.1, 0.15) is 5.56 Å². The highest BCUT2D eigenvalue weighted by molar-refractivity contribution is 9.10. The molecule has 0 aliphatic rings. The lowest BCUT2D eigenvalue weighted by atomic mass is 10.1. The van der Waals surface area contributed by atoms with Gasteiger partial charge in [0.05, 0.1) is 23.4 Å². The monoisotopic (exact) mass is 350 g/mol. The summed E-state index contributed by atoms with van der Waals surface area (Å²) in [6.45, 7) is 0.264. The Bertz CT molecular complexity index is 849. The maximum absolute atomic E-state index is 13.7. The molecule has 8 heteroatoms. The number of rotatable bonds is 3. The number of nitro groups is 1. The second-order valence-corrected chi connectivity index (χ2v) is 5.22. The number of hydrogen-bond donors (Lipinski definition) is 0. The Morgan fingerprint density at radius 1 is 1.38 bits per heavy atom. The van der Waals surface area contributed by atoms with E-state index in [2.05, 4.69) is 26.0 Å². The first-order valence-electron chi connectivity index (χ1n) is 5.95. The molecule has 106 valence electrons. The molecule has 3 aromatic rings. The summed E-state index contributed by atoms with van der Waals surface area (Å²) in [5.41, 5.74) is 1.25. The van der Waals surface area contributed by atoms with E-state index in [9.17, 15) is 14.5 Å². The molecule has 0 N–H and O–H groups in total. The van der Waals surface area contributed by atoms with Crippen molar-refractivity contribution >= 4 is 32.7 Å². The highest BCUT2D eigenvalue weighted by atomic mass is 79.9. The summed E-state index contributed by atoms with van der Waals surface area (Å²) in [5, 5.41) is 15.1. The van der Waals surface area contributed by atoms with Crippen LogP contribution in [0.2, 0.25) is 0 Å². The smallest absolute Gasteiger partial charge is 0.358 e. The topological polar surface area (TPSA) is 73.8 Å². The van der Waals surface area contributed by atoms with Crippen LogP contribution >= 0.6 is 15.9 Å².